The van der Waals surface area contributed by atoms with E-state index in [-0.39, 0.29) is 10.8 Å². The molecular weight excluding hydrogens is 462 g/mol. The van der Waals surface area contributed by atoms with Gasteiger partial charge in [0.05, 0.1) is 16.3 Å². The molecule has 4 rings (SSSR count). The molecular formula is C27H31N3O4S. The van der Waals surface area contributed by atoms with Gasteiger partial charge in [-0.05, 0) is 61.4 Å². The Hall–Kier alpha value is -3.36. The van der Waals surface area contributed by atoms with E-state index in [1.165, 1.54) is 4.31 Å². The van der Waals surface area contributed by atoms with Crippen LogP contribution in [0.3, 0.4) is 0 Å². The Morgan fingerprint density at radius 1 is 0.914 bits per heavy atom. The van der Waals surface area contributed by atoms with Gasteiger partial charge in [0, 0.05) is 31.7 Å². The lowest BCUT2D eigenvalue weighted by molar-refractivity contribution is 0.102. The van der Waals surface area contributed by atoms with E-state index in [0.717, 1.165) is 31.6 Å². The molecule has 0 saturated carbocycles. The number of hydrogen-bond donors (Lipinski definition) is 1. The van der Waals surface area contributed by atoms with Crippen molar-refractivity contribution in [3.8, 4) is 11.5 Å². The summed E-state index contributed by atoms with van der Waals surface area (Å²) < 4.78 is 33.5. The largest absolute Gasteiger partial charge is 0.457 e. The third-order valence-electron chi connectivity index (χ3n) is 6.08. The Morgan fingerprint density at radius 3 is 2.29 bits per heavy atom. The van der Waals surface area contributed by atoms with Gasteiger partial charge < -0.3 is 15.0 Å². The summed E-state index contributed by atoms with van der Waals surface area (Å²) >= 11 is 0. The first-order valence-corrected chi connectivity index (χ1v) is 13.4. The standard InChI is InChI=1S/C27H31N3O4S/c1-3-30(4-2)35(32,33)24-15-16-26(29-17-8-9-18-29)25(20-24)28-27(31)21-11-10-14-23(19-21)34-22-12-6-5-7-13-22/h5-7,10-16,19-20H,3-4,8-9,17-18H2,1-2H3,(H,28,31). The minimum absolute atomic E-state index is 0.167. The van der Waals surface area contributed by atoms with Gasteiger partial charge in [-0.1, -0.05) is 38.1 Å². The van der Waals surface area contributed by atoms with Gasteiger partial charge in [-0.25, -0.2) is 8.42 Å². The Labute approximate surface area is 207 Å². The highest BCUT2D eigenvalue weighted by atomic mass is 32.2. The molecule has 0 aliphatic carbocycles. The number of anilines is 2. The Bertz CT molecular complexity index is 1270. The van der Waals surface area contributed by atoms with Gasteiger partial charge in [0.1, 0.15) is 11.5 Å². The molecule has 1 N–H and O–H groups in total. The molecule has 0 spiro atoms. The summed E-state index contributed by atoms with van der Waals surface area (Å²) in [7, 11) is -3.66. The lowest BCUT2D eigenvalue weighted by atomic mass is 10.2. The fraction of sp³-hybridized carbons (Fsp3) is 0.296. The lowest BCUT2D eigenvalue weighted by Gasteiger charge is -2.24. The number of ether oxygens (including phenoxy) is 1. The summed E-state index contributed by atoms with van der Waals surface area (Å²) in [4.78, 5) is 15.6. The molecule has 1 heterocycles. The average Bonchev–Trinajstić information content (AvgIpc) is 3.40. The van der Waals surface area contributed by atoms with Crippen molar-refractivity contribution in [2.75, 3.05) is 36.4 Å². The molecule has 7 nitrogen and oxygen atoms in total. The number of rotatable bonds is 9. The summed E-state index contributed by atoms with van der Waals surface area (Å²) in [5.74, 6) is 0.888. The maximum Gasteiger partial charge on any atom is 0.255 e. The number of nitrogens with zero attached hydrogens (tertiary/aromatic N) is 2. The fourth-order valence-electron chi connectivity index (χ4n) is 4.24. The van der Waals surface area contributed by atoms with Crippen molar-refractivity contribution in [2.24, 2.45) is 0 Å². The Morgan fingerprint density at radius 2 is 1.60 bits per heavy atom. The van der Waals surface area contributed by atoms with Crippen LogP contribution >= 0.6 is 0 Å². The number of carbonyl (C=O) groups is 1. The van der Waals surface area contributed by atoms with Crippen LogP contribution in [0.2, 0.25) is 0 Å². The third kappa shape index (κ3) is 5.66. The molecule has 1 saturated heterocycles. The topological polar surface area (TPSA) is 79.0 Å². The molecule has 0 unspecified atom stereocenters. The molecule has 1 amide bonds. The van der Waals surface area contributed by atoms with Crippen LogP contribution in [0.15, 0.2) is 77.7 Å². The molecule has 184 valence electrons. The highest BCUT2D eigenvalue weighted by Gasteiger charge is 2.25. The first kappa shape index (κ1) is 24.8. The average molecular weight is 494 g/mol. The number of amides is 1. The Balaban J connectivity index is 1.64. The predicted octanol–water partition coefficient (Wildman–Crippen LogP) is 5.36. The predicted molar refractivity (Wildman–Crippen MR) is 139 cm³/mol. The van der Waals surface area contributed by atoms with Gasteiger partial charge in [-0.3, -0.25) is 4.79 Å². The molecule has 1 fully saturated rings. The Kier molecular flexibility index (Phi) is 7.73. The number of carbonyl (C=O) groups excluding carboxylic acids is 1. The quantitative estimate of drug-likeness (QED) is 0.434. The summed E-state index contributed by atoms with van der Waals surface area (Å²) in [5, 5.41) is 2.96. The maximum atomic E-state index is 13.2. The lowest BCUT2D eigenvalue weighted by Crippen LogP contribution is -2.31. The minimum Gasteiger partial charge on any atom is -0.457 e. The van der Waals surface area contributed by atoms with E-state index in [9.17, 15) is 13.2 Å². The van der Waals surface area contributed by atoms with Crippen molar-refractivity contribution in [1.82, 2.24) is 4.31 Å². The third-order valence-corrected chi connectivity index (χ3v) is 8.13. The van der Waals surface area contributed by atoms with Crippen LogP contribution < -0.4 is 15.0 Å². The summed E-state index contributed by atoms with van der Waals surface area (Å²) in [6.07, 6.45) is 2.12. The molecule has 3 aromatic carbocycles. The molecule has 1 aliphatic heterocycles. The van der Waals surface area contributed by atoms with Crippen LogP contribution in [0.5, 0.6) is 11.5 Å². The highest BCUT2D eigenvalue weighted by Crippen LogP contribution is 2.33. The van der Waals surface area contributed by atoms with Crippen molar-refractivity contribution in [2.45, 2.75) is 31.6 Å². The fourth-order valence-corrected chi connectivity index (χ4v) is 5.73. The van der Waals surface area contributed by atoms with Crippen molar-refractivity contribution < 1.29 is 17.9 Å². The number of nitrogens with one attached hydrogen (secondary N) is 1. The van der Waals surface area contributed by atoms with Crippen molar-refractivity contribution >= 4 is 27.3 Å². The molecule has 0 bridgehead atoms. The zero-order chi connectivity index (χ0) is 24.8. The highest BCUT2D eigenvalue weighted by molar-refractivity contribution is 7.89. The van der Waals surface area contributed by atoms with Gasteiger partial charge in [-0.2, -0.15) is 4.31 Å². The molecule has 0 radical (unpaired) electrons. The van der Waals surface area contributed by atoms with Crippen LogP contribution in [0.4, 0.5) is 11.4 Å². The number of benzene rings is 3. The van der Waals surface area contributed by atoms with Gasteiger partial charge >= 0.3 is 0 Å². The number of para-hydroxylation sites is 1. The molecule has 8 heteroatoms. The van der Waals surface area contributed by atoms with E-state index in [2.05, 4.69) is 10.2 Å². The molecule has 3 aromatic rings. The van der Waals surface area contributed by atoms with Crippen molar-refractivity contribution in [3.05, 3.63) is 78.4 Å². The monoisotopic (exact) mass is 493 g/mol. The van der Waals surface area contributed by atoms with Gasteiger partial charge in [0.15, 0.2) is 0 Å². The van der Waals surface area contributed by atoms with Crippen LogP contribution in [-0.2, 0) is 10.0 Å². The summed E-state index contributed by atoms with van der Waals surface area (Å²) in [6.45, 7) is 6.11. The first-order valence-electron chi connectivity index (χ1n) is 12.0. The molecule has 35 heavy (non-hydrogen) atoms. The SMILES string of the molecule is CCN(CC)S(=O)(=O)c1ccc(N2CCCC2)c(NC(=O)c2cccc(Oc3ccccc3)c2)c1. The zero-order valence-corrected chi connectivity index (χ0v) is 20.9. The van der Waals surface area contributed by atoms with E-state index in [1.54, 1.807) is 42.5 Å². The van der Waals surface area contributed by atoms with Crippen LogP contribution in [0.1, 0.15) is 37.0 Å². The van der Waals surface area contributed by atoms with Gasteiger partial charge in [0.2, 0.25) is 10.0 Å². The van der Waals surface area contributed by atoms with Crippen LogP contribution in [0.25, 0.3) is 0 Å². The zero-order valence-electron chi connectivity index (χ0n) is 20.1. The van der Waals surface area contributed by atoms with Gasteiger partial charge in [0.25, 0.3) is 5.91 Å². The molecule has 0 atom stereocenters. The minimum atomic E-state index is -3.66. The van der Waals surface area contributed by atoms with E-state index < -0.39 is 10.0 Å². The van der Waals surface area contributed by atoms with Crippen molar-refractivity contribution in [1.29, 1.82) is 0 Å². The number of sulfonamides is 1. The molecule has 0 aromatic heterocycles. The van der Waals surface area contributed by atoms with Crippen molar-refractivity contribution in [3.63, 3.8) is 0 Å². The number of hydrogen-bond acceptors (Lipinski definition) is 5. The van der Waals surface area contributed by atoms with Gasteiger partial charge in [-0.15, -0.1) is 0 Å². The molecule has 1 aliphatic rings. The van der Waals surface area contributed by atoms with E-state index >= 15 is 0 Å². The smallest absolute Gasteiger partial charge is 0.255 e. The van der Waals surface area contributed by atoms with E-state index in [0.29, 0.717) is 35.8 Å². The second-order valence-corrected chi connectivity index (χ2v) is 10.3. The maximum absolute atomic E-state index is 13.2. The normalized spacial score (nSPS) is 13.7. The van der Waals surface area contributed by atoms with E-state index in [4.69, 9.17) is 4.74 Å². The first-order chi connectivity index (χ1) is 16.9. The summed E-state index contributed by atoms with van der Waals surface area (Å²) in [6, 6.07) is 21.3. The summed E-state index contributed by atoms with van der Waals surface area (Å²) in [5.41, 5.74) is 1.73. The second kappa shape index (κ2) is 10.9. The van der Waals surface area contributed by atoms with Crippen LogP contribution in [-0.4, -0.2) is 44.8 Å². The second-order valence-electron chi connectivity index (χ2n) is 8.36. The van der Waals surface area contributed by atoms with E-state index in [1.807, 2.05) is 44.2 Å². The van der Waals surface area contributed by atoms with Crippen LogP contribution in [0, 0.1) is 0 Å².